The van der Waals surface area contributed by atoms with E-state index in [9.17, 15) is 9.59 Å². The van der Waals surface area contributed by atoms with E-state index in [2.05, 4.69) is 5.32 Å². The number of benzene rings is 2. The van der Waals surface area contributed by atoms with Crippen LogP contribution in [0.1, 0.15) is 49.3 Å². The van der Waals surface area contributed by atoms with Gasteiger partial charge in [0.1, 0.15) is 6.04 Å². The highest BCUT2D eigenvalue weighted by Gasteiger charge is 2.28. The lowest BCUT2D eigenvalue weighted by Gasteiger charge is -2.30. The minimum Gasteiger partial charge on any atom is -0.352 e. The lowest BCUT2D eigenvalue weighted by molar-refractivity contribution is -0.140. The standard InChI is InChI=1S/C24H29ClN2O2/c1-17-8-3-4-10-20(17)16-27(18(2)24(29)26-22-12-5-6-13-22)23(28)15-19-9-7-11-21(25)14-19/h3-4,7-11,14,18,22H,5-6,12-13,15-16H2,1-2H3,(H,26,29)/t18-/m1/s1. The highest BCUT2D eigenvalue weighted by molar-refractivity contribution is 6.30. The molecule has 0 aliphatic heterocycles. The number of hydrogen-bond donors (Lipinski definition) is 1. The van der Waals surface area contributed by atoms with Gasteiger partial charge in [0.2, 0.25) is 11.8 Å². The molecular formula is C24H29ClN2O2. The Morgan fingerprint density at radius 2 is 1.86 bits per heavy atom. The number of nitrogens with one attached hydrogen (secondary N) is 1. The van der Waals surface area contributed by atoms with Crippen LogP contribution < -0.4 is 5.32 Å². The Hall–Kier alpha value is -2.33. The van der Waals surface area contributed by atoms with Crippen LogP contribution in [0.4, 0.5) is 0 Å². The van der Waals surface area contributed by atoms with Crippen molar-refractivity contribution in [3.8, 4) is 0 Å². The zero-order valence-corrected chi connectivity index (χ0v) is 17.9. The molecule has 1 fully saturated rings. The number of amides is 2. The predicted molar refractivity (Wildman–Crippen MR) is 117 cm³/mol. The van der Waals surface area contributed by atoms with Crippen LogP contribution in [0.3, 0.4) is 0 Å². The summed E-state index contributed by atoms with van der Waals surface area (Å²) >= 11 is 6.08. The Balaban J connectivity index is 1.78. The number of nitrogens with zero attached hydrogens (tertiary/aromatic N) is 1. The maximum Gasteiger partial charge on any atom is 0.242 e. The van der Waals surface area contributed by atoms with E-state index in [1.165, 1.54) is 0 Å². The fraction of sp³-hybridized carbons (Fsp3) is 0.417. The van der Waals surface area contributed by atoms with Crippen molar-refractivity contribution in [1.82, 2.24) is 10.2 Å². The van der Waals surface area contributed by atoms with Crippen LogP contribution >= 0.6 is 11.6 Å². The molecule has 0 radical (unpaired) electrons. The monoisotopic (exact) mass is 412 g/mol. The van der Waals surface area contributed by atoms with Gasteiger partial charge in [-0.2, -0.15) is 0 Å². The quantitative estimate of drug-likeness (QED) is 0.718. The highest BCUT2D eigenvalue weighted by Crippen LogP contribution is 2.20. The first-order chi connectivity index (χ1) is 13.9. The van der Waals surface area contributed by atoms with E-state index in [0.29, 0.717) is 11.6 Å². The zero-order chi connectivity index (χ0) is 20.8. The summed E-state index contributed by atoms with van der Waals surface area (Å²) in [6, 6.07) is 15.0. The van der Waals surface area contributed by atoms with E-state index in [-0.39, 0.29) is 24.3 Å². The summed E-state index contributed by atoms with van der Waals surface area (Å²) in [5.74, 6) is -0.158. The molecule has 0 saturated heterocycles. The summed E-state index contributed by atoms with van der Waals surface area (Å²) in [5.41, 5.74) is 3.00. The minimum atomic E-state index is -0.540. The maximum absolute atomic E-state index is 13.2. The molecule has 5 heteroatoms. The average Bonchev–Trinajstić information content (AvgIpc) is 3.19. The number of carbonyl (C=O) groups excluding carboxylic acids is 2. The molecule has 0 bridgehead atoms. The van der Waals surface area contributed by atoms with E-state index < -0.39 is 6.04 Å². The van der Waals surface area contributed by atoms with Gasteiger partial charge in [0.15, 0.2) is 0 Å². The normalized spacial score (nSPS) is 15.1. The Labute approximate surface area is 178 Å². The van der Waals surface area contributed by atoms with Gasteiger partial charge in [0.05, 0.1) is 6.42 Å². The van der Waals surface area contributed by atoms with Gasteiger partial charge in [0, 0.05) is 17.6 Å². The predicted octanol–water partition coefficient (Wildman–Crippen LogP) is 4.67. The lowest BCUT2D eigenvalue weighted by atomic mass is 10.1. The molecule has 0 heterocycles. The summed E-state index contributed by atoms with van der Waals surface area (Å²) in [6.45, 7) is 4.25. The van der Waals surface area contributed by atoms with Gasteiger partial charge >= 0.3 is 0 Å². The molecule has 29 heavy (non-hydrogen) atoms. The van der Waals surface area contributed by atoms with Crippen molar-refractivity contribution in [2.45, 2.75) is 64.6 Å². The van der Waals surface area contributed by atoms with Crippen LogP contribution in [0.25, 0.3) is 0 Å². The van der Waals surface area contributed by atoms with Crippen LogP contribution in [-0.2, 0) is 22.6 Å². The van der Waals surface area contributed by atoms with Crippen molar-refractivity contribution in [2.75, 3.05) is 0 Å². The zero-order valence-electron chi connectivity index (χ0n) is 17.2. The third kappa shape index (κ3) is 5.83. The summed E-state index contributed by atoms with van der Waals surface area (Å²) in [7, 11) is 0. The lowest BCUT2D eigenvalue weighted by Crippen LogP contribution is -2.50. The van der Waals surface area contributed by atoms with Crippen LogP contribution in [0.5, 0.6) is 0 Å². The summed E-state index contributed by atoms with van der Waals surface area (Å²) in [6.07, 6.45) is 4.56. The molecule has 1 atom stereocenters. The van der Waals surface area contributed by atoms with Gasteiger partial charge in [-0.1, -0.05) is 60.8 Å². The molecule has 2 aromatic carbocycles. The average molecular weight is 413 g/mol. The Morgan fingerprint density at radius 3 is 2.55 bits per heavy atom. The van der Waals surface area contributed by atoms with Gasteiger partial charge in [-0.25, -0.2) is 0 Å². The van der Waals surface area contributed by atoms with Gasteiger partial charge in [-0.3, -0.25) is 9.59 Å². The Morgan fingerprint density at radius 1 is 1.14 bits per heavy atom. The number of hydrogen-bond acceptors (Lipinski definition) is 2. The first kappa shape index (κ1) is 21.4. The van der Waals surface area contributed by atoms with Crippen LogP contribution in [0, 0.1) is 6.92 Å². The molecule has 1 N–H and O–H groups in total. The molecule has 3 rings (SSSR count). The Bertz CT molecular complexity index is 861. The van der Waals surface area contributed by atoms with Gasteiger partial charge < -0.3 is 10.2 Å². The molecule has 1 saturated carbocycles. The number of rotatable bonds is 7. The topological polar surface area (TPSA) is 49.4 Å². The smallest absolute Gasteiger partial charge is 0.242 e. The van der Waals surface area contributed by atoms with Crippen molar-refractivity contribution < 1.29 is 9.59 Å². The maximum atomic E-state index is 13.2. The SMILES string of the molecule is Cc1ccccc1CN(C(=O)Cc1cccc(Cl)c1)[C@H](C)C(=O)NC1CCCC1. The van der Waals surface area contributed by atoms with Crippen molar-refractivity contribution in [3.05, 3.63) is 70.2 Å². The summed E-state index contributed by atoms with van der Waals surface area (Å²) in [5, 5.41) is 3.74. The van der Waals surface area contributed by atoms with Gasteiger partial charge in [-0.15, -0.1) is 0 Å². The van der Waals surface area contributed by atoms with E-state index in [1.54, 1.807) is 17.0 Å². The summed E-state index contributed by atoms with van der Waals surface area (Å²) in [4.78, 5) is 27.8. The first-order valence-electron chi connectivity index (χ1n) is 10.3. The van der Waals surface area contributed by atoms with Gasteiger partial charge in [0.25, 0.3) is 0 Å². The fourth-order valence-corrected chi connectivity index (χ4v) is 4.08. The summed E-state index contributed by atoms with van der Waals surface area (Å²) < 4.78 is 0. The van der Waals surface area contributed by atoms with Crippen LogP contribution in [0.15, 0.2) is 48.5 Å². The van der Waals surface area contributed by atoms with Crippen molar-refractivity contribution >= 4 is 23.4 Å². The minimum absolute atomic E-state index is 0.0788. The fourth-order valence-electron chi connectivity index (χ4n) is 3.87. The molecule has 4 nitrogen and oxygen atoms in total. The van der Waals surface area contributed by atoms with E-state index >= 15 is 0 Å². The molecule has 1 aliphatic carbocycles. The molecule has 0 aromatic heterocycles. The third-order valence-electron chi connectivity index (χ3n) is 5.72. The third-order valence-corrected chi connectivity index (χ3v) is 5.95. The molecule has 2 aromatic rings. The van der Waals surface area contributed by atoms with E-state index in [4.69, 9.17) is 11.6 Å². The second-order valence-corrected chi connectivity index (χ2v) is 8.36. The van der Waals surface area contributed by atoms with E-state index in [1.807, 2.05) is 50.2 Å². The number of halogens is 1. The molecular weight excluding hydrogens is 384 g/mol. The molecule has 154 valence electrons. The van der Waals surface area contributed by atoms with Crippen molar-refractivity contribution in [2.24, 2.45) is 0 Å². The molecule has 1 aliphatic rings. The first-order valence-corrected chi connectivity index (χ1v) is 10.7. The Kier molecular flexibility index (Phi) is 7.32. The highest BCUT2D eigenvalue weighted by atomic mass is 35.5. The molecule has 0 spiro atoms. The van der Waals surface area contributed by atoms with Crippen molar-refractivity contribution in [1.29, 1.82) is 0 Å². The number of carbonyl (C=O) groups is 2. The van der Waals surface area contributed by atoms with E-state index in [0.717, 1.165) is 42.4 Å². The van der Waals surface area contributed by atoms with Crippen molar-refractivity contribution in [3.63, 3.8) is 0 Å². The second kappa shape index (κ2) is 9.93. The van der Waals surface area contributed by atoms with Gasteiger partial charge in [-0.05, 0) is 55.5 Å². The molecule has 0 unspecified atom stereocenters. The largest absolute Gasteiger partial charge is 0.352 e. The molecule has 2 amide bonds. The second-order valence-electron chi connectivity index (χ2n) is 7.92. The number of aryl methyl sites for hydroxylation is 1. The van der Waals surface area contributed by atoms with Crippen LogP contribution in [0.2, 0.25) is 5.02 Å². The van der Waals surface area contributed by atoms with Crippen LogP contribution in [-0.4, -0.2) is 28.8 Å².